The van der Waals surface area contributed by atoms with Gasteiger partial charge in [0.2, 0.25) is 0 Å². The summed E-state index contributed by atoms with van der Waals surface area (Å²) in [7, 11) is -1.43. The normalized spacial score (nSPS) is 15.8. The lowest BCUT2D eigenvalue weighted by molar-refractivity contribution is -0.260. The number of thiol groups is 1. The lowest BCUT2D eigenvalue weighted by atomic mass is 9.91. The van der Waals surface area contributed by atoms with Gasteiger partial charge in [-0.3, -0.25) is 4.74 Å². The van der Waals surface area contributed by atoms with Crippen LogP contribution in [0.4, 0.5) is 0 Å². The summed E-state index contributed by atoms with van der Waals surface area (Å²) in [6, 6.07) is 0. The third-order valence-electron chi connectivity index (χ3n) is 7.17. The molecular formula is C31H62O6PS+. The molecule has 0 heterocycles. The van der Waals surface area contributed by atoms with Gasteiger partial charge in [-0.15, -0.1) is 12.6 Å². The number of hydrogen-bond donors (Lipinski definition) is 2. The highest BCUT2D eigenvalue weighted by molar-refractivity contribution is 7.80. The number of carbonyl (C=O) groups excluding carboxylic acids is 1. The summed E-state index contributed by atoms with van der Waals surface area (Å²) in [5.74, 6) is -0.554. The number of hydrogen-bond acceptors (Lipinski definition) is 7. The van der Waals surface area contributed by atoms with Crippen LogP contribution in [0.5, 0.6) is 0 Å². The van der Waals surface area contributed by atoms with Gasteiger partial charge in [0.25, 0.3) is 0 Å². The maximum atomic E-state index is 12.2. The molecule has 39 heavy (non-hydrogen) atoms. The van der Waals surface area contributed by atoms with E-state index in [-0.39, 0.29) is 0 Å². The molecule has 0 aliphatic rings. The third-order valence-corrected chi connectivity index (χ3v) is 8.10. The Hall–Kier alpha value is -0.200. The highest BCUT2D eigenvalue weighted by atomic mass is 32.1. The first-order chi connectivity index (χ1) is 18.7. The molecule has 0 aromatic heterocycles. The Morgan fingerprint density at radius 3 is 1.62 bits per heavy atom. The van der Waals surface area contributed by atoms with Crippen LogP contribution in [0.15, 0.2) is 0 Å². The van der Waals surface area contributed by atoms with Crippen molar-refractivity contribution in [2.45, 2.75) is 186 Å². The summed E-state index contributed by atoms with van der Waals surface area (Å²) < 4.78 is 28.1. The topological polar surface area (TPSA) is 82.1 Å². The Morgan fingerprint density at radius 1 is 0.795 bits per heavy atom. The molecule has 0 spiro atoms. The summed E-state index contributed by atoms with van der Waals surface area (Å²) in [5, 5.41) is 10.5. The van der Waals surface area contributed by atoms with E-state index in [2.05, 4.69) is 13.8 Å². The van der Waals surface area contributed by atoms with Gasteiger partial charge >= 0.3 is 20.0 Å². The lowest BCUT2D eigenvalue weighted by Gasteiger charge is -2.26. The van der Waals surface area contributed by atoms with Crippen LogP contribution in [0.3, 0.4) is 0 Å². The molecule has 0 radical (unpaired) electrons. The van der Waals surface area contributed by atoms with Crippen LogP contribution in [-0.2, 0) is 23.6 Å². The van der Waals surface area contributed by atoms with Crippen molar-refractivity contribution in [1.29, 1.82) is 0 Å². The molecular weight excluding hydrogens is 531 g/mol. The van der Waals surface area contributed by atoms with E-state index >= 15 is 0 Å². The molecule has 0 amide bonds. The van der Waals surface area contributed by atoms with Crippen LogP contribution in [0, 0.1) is 5.92 Å². The molecule has 0 saturated carbocycles. The van der Waals surface area contributed by atoms with Crippen LogP contribution in [0.1, 0.15) is 163 Å². The SMILES string of the molecule is CCCCCCCCCCCCC(CCCCCCCC)CC(S)OC(CC)OC(O)([PH+]=O)C(=O)OC(C)C. The molecule has 6 nitrogen and oxygen atoms in total. The van der Waals surface area contributed by atoms with E-state index in [9.17, 15) is 14.5 Å². The summed E-state index contributed by atoms with van der Waals surface area (Å²) in [6.07, 6.45) is 23.1. The molecule has 0 aliphatic heterocycles. The fourth-order valence-electron chi connectivity index (χ4n) is 4.84. The Kier molecular flexibility index (Phi) is 25.4. The van der Waals surface area contributed by atoms with Gasteiger partial charge in [-0.1, -0.05) is 141 Å². The zero-order valence-corrected chi connectivity index (χ0v) is 27.8. The van der Waals surface area contributed by atoms with Crippen molar-refractivity contribution in [3.63, 3.8) is 0 Å². The number of unbranched alkanes of at least 4 members (excludes halogenated alkanes) is 14. The molecule has 232 valence electrons. The predicted octanol–water partition coefficient (Wildman–Crippen LogP) is 9.70. The van der Waals surface area contributed by atoms with Crippen molar-refractivity contribution < 1.29 is 28.7 Å². The average Bonchev–Trinajstić information content (AvgIpc) is 2.90. The number of ether oxygens (including phenoxy) is 3. The highest BCUT2D eigenvalue weighted by Gasteiger charge is 2.52. The van der Waals surface area contributed by atoms with Crippen molar-refractivity contribution in [3.05, 3.63) is 0 Å². The monoisotopic (exact) mass is 593 g/mol. The van der Waals surface area contributed by atoms with Gasteiger partial charge in [-0.25, -0.2) is 4.79 Å². The summed E-state index contributed by atoms with van der Waals surface area (Å²) in [6.45, 7) is 9.64. The zero-order chi connectivity index (χ0) is 29.4. The molecule has 0 fully saturated rings. The van der Waals surface area contributed by atoms with Crippen LogP contribution in [-0.4, -0.2) is 34.4 Å². The van der Waals surface area contributed by atoms with Gasteiger partial charge in [0.05, 0.1) is 6.10 Å². The van der Waals surface area contributed by atoms with Gasteiger partial charge in [0.1, 0.15) is 5.44 Å². The molecule has 0 aliphatic carbocycles. The Bertz CT molecular complexity index is 593. The standard InChI is InChI=1S/C31H61O6PS/c1-6-9-11-13-15-16-17-18-20-22-24-27(23-21-19-14-12-10-7-2)25-29(39)36-28(8-3)37-31(33,38-34)30(32)35-26(4)5/h26-29,33,39H,6-25H2,1-5H3/p+1. The zero-order valence-electron chi connectivity index (χ0n) is 25.9. The third kappa shape index (κ3) is 21.2. The van der Waals surface area contributed by atoms with Crippen molar-refractivity contribution in [2.75, 3.05) is 0 Å². The van der Waals surface area contributed by atoms with Gasteiger partial charge < -0.3 is 14.6 Å². The van der Waals surface area contributed by atoms with E-state index in [0.717, 1.165) is 19.3 Å². The second-order valence-corrected chi connectivity index (χ2v) is 12.8. The van der Waals surface area contributed by atoms with E-state index in [1.54, 1.807) is 13.8 Å². The highest BCUT2D eigenvalue weighted by Crippen LogP contribution is 2.30. The largest absolute Gasteiger partial charge is 0.472 e. The van der Waals surface area contributed by atoms with E-state index in [4.69, 9.17) is 26.8 Å². The Labute approximate surface area is 247 Å². The molecule has 0 aromatic carbocycles. The number of aliphatic hydroxyl groups is 1. The van der Waals surface area contributed by atoms with Crippen LogP contribution in [0.25, 0.3) is 0 Å². The van der Waals surface area contributed by atoms with Crippen LogP contribution < -0.4 is 0 Å². The number of rotatable bonds is 28. The minimum atomic E-state index is -2.54. The second kappa shape index (κ2) is 25.5. The lowest BCUT2D eigenvalue weighted by Crippen LogP contribution is -2.42. The fraction of sp³-hybridized carbons (Fsp3) is 0.968. The minimum absolute atomic E-state index is 0.374. The van der Waals surface area contributed by atoms with Gasteiger partial charge in [-0.05, 0) is 32.6 Å². The average molecular weight is 594 g/mol. The maximum absolute atomic E-state index is 12.2. The predicted molar refractivity (Wildman–Crippen MR) is 167 cm³/mol. The smallest absolute Gasteiger partial charge is 0.455 e. The van der Waals surface area contributed by atoms with Crippen molar-refractivity contribution >= 4 is 27.1 Å². The van der Waals surface area contributed by atoms with Crippen molar-refractivity contribution in [3.8, 4) is 0 Å². The number of carbonyl (C=O) groups is 1. The molecule has 0 rings (SSSR count). The summed E-state index contributed by atoms with van der Waals surface area (Å²) >= 11 is 4.69. The quantitative estimate of drug-likeness (QED) is 0.0309. The van der Waals surface area contributed by atoms with Gasteiger partial charge in [0.15, 0.2) is 6.29 Å². The van der Waals surface area contributed by atoms with E-state index in [0.29, 0.717) is 12.3 Å². The molecule has 0 bridgehead atoms. The van der Waals surface area contributed by atoms with E-state index in [1.165, 1.54) is 103 Å². The maximum Gasteiger partial charge on any atom is 0.472 e. The first kappa shape index (κ1) is 38.8. The molecule has 5 atom stereocenters. The molecule has 8 heteroatoms. The second-order valence-electron chi connectivity index (χ2n) is 11.4. The molecule has 5 unspecified atom stereocenters. The van der Waals surface area contributed by atoms with Crippen LogP contribution >= 0.6 is 21.1 Å². The first-order valence-electron chi connectivity index (χ1n) is 16.1. The van der Waals surface area contributed by atoms with E-state index < -0.39 is 37.8 Å². The fourth-order valence-corrected chi connectivity index (χ4v) is 5.59. The summed E-state index contributed by atoms with van der Waals surface area (Å²) in [4.78, 5) is 12.2. The number of esters is 1. The molecule has 0 saturated heterocycles. The van der Waals surface area contributed by atoms with Crippen molar-refractivity contribution in [1.82, 2.24) is 0 Å². The first-order valence-corrected chi connectivity index (χ1v) is 17.5. The van der Waals surface area contributed by atoms with Gasteiger partial charge in [-0.2, -0.15) is 0 Å². The van der Waals surface area contributed by atoms with Crippen LogP contribution in [0.2, 0.25) is 0 Å². The summed E-state index contributed by atoms with van der Waals surface area (Å²) in [5.41, 5.74) is -2.93. The van der Waals surface area contributed by atoms with Crippen molar-refractivity contribution in [2.24, 2.45) is 5.92 Å². The van der Waals surface area contributed by atoms with Gasteiger partial charge in [0, 0.05) is 0 Å². The molecule has 1 N–H and O–H groups in total. The Morgan fingerprint density at radius 2 is 1.23 bits per heavy atom. The Balaban J connectivity index is 4.72. The van der Waals surface area contributed by atoms with E-state index in [1.807, 2.05) is 6.92 Å². The minimum Gasteiger partial charge on any atom is -0.455 e. The molecule has 0 aromatic rings.